The molecule has 0 atom stereocenters. The van der Waals surface area contributed by atoms with Gasteiger partial charge in [0.05, 0.1) is 13.7 Å². The van der Waals surface area contributed by atoms with Crippen LogP contribution >= 0.6 is 24.0 Å². The number of aliphatic imine (C=N–C) groups is 1. The molecule has 0 aliphatic carbocycles. The van der Waals surface area contributed by atoms with Gasteiger partial charge in [0.25, 0.3) is 0 Å². The fourth-order valence-corrected chi connectivity index (χ4v) is 1.92. The van der Waals surface area contributed by atoms with E-state index >= 15 is 0 Å². The Hall–Kier alpha value is -1.83. The highest BCUT2D eigenvalue weighted by atomic mass is 127. The Labute approximate surface area is 154 Å². The summed E-state index contributed by atoms with van der Waals surface area (Å²) in [5.41, 5.74) is 2.26. The van der Waals surface area contributed by atoms with Crippen molar-refractivity contribution in [3.05, 3.63) is 59.8 Å². The van der Waals surface area contributed by atoms with E-state index in [2.05, 4.69) is 39.7 Å². The molecular weight excluding hydrogens is 403 g/mol. The van der Waals surface area contributed by atoms with Gasteiger partial charge in [0.1, 0.15) is 0 Å². The third kappa shape index (κ3) is 6.85. The molecule has 1 heterocycles. The van der Waals surface area contributed by atoms with Crippen molar-refractivity contribution < 1.29 is 4.74 Å². The Morgan fingerprint density at radius 3 is 2.48 bits per heavy atom. The minimum Gasteiger partial charge on any atom is -0.481 e. The average molecular weight is 426 g/mol. The maximum atomic E-state index is 5.05. The van der Waals surface area contributed by atoms with Crippen LogP contribution in [0.25, 0.3) is 0 Å². The molecule has 0 aliphatic heterocycles. The number of aromatic nitrogens is 1. The number of hydrogen-bond acceptors (Lipinski definition) is 3. The summed E-state index contributed by atoms with van der Waals surface area (Å²) in [5.74, 6) is 1.41. The molecule has 0 spiro atoms. The quantitative estimate of drug-likeness (QED) is 0.424. The van der Waals surface area contributed by atoms with Crippen molar-refractivity contribution in [2.24, 2.45) is 4.99 Å². The van der Waals surface area contributed by atoms with E-state index in [1.54, 1.807) is 13.3 Å². The van der Waals surface area contributed by atoms with E-state index in [0.717, 1.165) is 24.6 Å². The number of halogens is 1. The normalized spacial score (nSPS) is 10.6. The first kappa shape index (κ1) is 19.2. The van der Waals surface area contributed by atoms with Gasteiger partial charge in [0, 0.05) is 25.4 Å². The lowest BCUT2D eigenvalue weighted by Gasteiger charge is -2.11. The van der Waals surface area contributed by atoms with E-state index < -0.39 is 0 Å². The standard InChI is InChI=1S/C17H22N4O.HI/c1-3-18-17(20-11-14-7-5-4-6-8-14)21-13-15-9-10-16(22-2)19-12-15;/h4-10,12H,3,11,13H2,1-2H3,(H2,18,20,21);1H. The van der Waals surface area contributed by atoms with Crippen LogP contribution in [0.3, 0.4) is 0 Å². The Morgan fingerprint density at radius 2 is 1.87 bits per heavy atom. The lowest BCUT2D eigenvalue weighted by Crippen LogP contribution is -2.36. The summed E-state index contributed by atoms with van der Waals surface area (Å²) >= 11 is 0. The molecule has 5 nitrogen and oxygen atoms in total. The fraction of sp³-hybridized carbons (Fsp3) is 0.294. The number of pyridine rings is 1. The summed E-state index contributed by atoms with van der Waals surface area (Å²) in [6, 6.07) is 14.1. The van der Waals surface area contributed by atoms with Gasteiger partial charge in [0.15, 0.2) is 5.96 Å². The Kier molecular flexibility index (Phi) is 9.04. The number of nitrogens with zero attached hydrogens (tertiary/aromatic N) is 2. The van der Waals surface area contributed by atoms with Crippen molar-refractivity contribution in [1.82, 2.24) is 15.6 Å². The molecule has 2 aromatic rings. The topological polar surface area (TPSA) is 58.5 Å². The highest BCUT2D eigenvalue weighted by Gasteiger charge is 1.99. The number of guanidine groups is 1. The Balaban J connectivity index is 0.00000264. The number of benzene rings is 1. The summed E-state index contributed by atoms with van der Waals surface area (Å²) in [7, 11) is 1.61. The van der Waals surface area contributed by atoms with Crippen LogP contribution in [0.4, 0.5) is 0 Å². The minimum absolute atomic E-state index is 0. The summed E-state index contributed by atoms with van der Waals surface area (Å²) in [6.45, 7) is 4.19. The number of hydrogen-bond donors (Lipinski definition) is 2. The summed E-state index contributed by atoms with van der Waals surface area (Å²) in [4.78, 5) is 8.75. The van der Waals surface area contributed by atoms with E-state index in [1.165, 1.54) is 5.56 Å². The van der Waals surface area contributed by atoms with Crippen LogP contribution in [0, 0.1) is 0 Å². The van der Waals surface area contributed by atoms with Gasteiger partial charge >= 0.3 is 0 Å². The molecule has 0 radical (unpaired) electrons. The predicted molar refractivity (Wildman–Crippen MR) is 104 cm³/mol. The van der Waals surface area contributed by atoms with Crippen LogP contribution in [0.1, 0.15) is 18.1 Å². The predicted octanol–water partition coefficient (Wildman–Crippen LogP) is 2.96. The lowest BCUT2D eigenvalue weighted by molar-refractivity contribution is 0.397. The highest BCUT2D eigenvalue weighted by molar-refractivity contribution is 14.0. The molecule has 0 unspecified atom stereocenters. The van der Waals surface area contributed by atoms with Crippen LogP contribution < -0.4 is 15.4 Å². The maximum Gasteiger partial charge on any atom is 0.212 e. The Bertz CT molecular complexity index is 587. The fourth-order valence-electron chi connectivity index (χ4n) is 1.92. The second-order valence-electron chi connectivity index (χ2n) is 4.74. The van der Waals surface area contributed by atoms with Gasteiger partial charge in [-0.2, -0.15) is 0 Å². The third-order valence-electron chi connectivity index (χ3n) is 3.07. The molecule has 0 saturated carbocycles. The van der Waals surface area contributed by atoms with Gasteiger partial charge in [-0.05, 0) is 18.1 Å². The zero-order valence-electron chi connectivity index (χ0n) is 13.5. The molecule has 124 valence electrons. The summed E-state index contributed by atoms with van der Waals surface area (Å²) < 4.78 is 5.05. The van der Waals surface area contributed by atoms with Crippen LogP contribution in [0.2, 0.25) is 0 Å². The van der Waals surface area contributed by atoms with E-state index in [0.29, 0.717) is 12.4 Å². The van der Waals surface area contributed by atoms with Crippen LogP contribution in [0.5, 0.6) is 5.88 Å². The lowest BCUT2D eigenvalue weighted by atomic mass is 10.2. The minimum atomic E-state index is 0. The van der Waals surface area contributed by atoms with Gasteiger partial charge in [0.2, 0.25) is 5.88 Å². The molecule has 0 bridgehead atoms. The van der Waals surface area contributed by atoms with Gasteiger partial charge in [-0.1, -0.05) is 36.4 Å². The van der Waals surface area contributed by atoms with Crippen molar-refractivity contribution in [3.63, 3.8) is 0 Å². The van der Waals surface area contributed by atoms with E-state index in [9.17, 15) is 0 Å². The average Bonchev–Trinajstić information content (AvgIpc) is 2.59. The highest BCUT2D eigenvalue weighted by Crippen LogP contribution is 2.07. The van der Waals surface area contributed by atoms with Crippen molar-refractivity contribution in [2.75, 3.05) is 13.7 Å². The first-order valence-electron chi connectivity index (χ1n) is 7.37. The molecule has 1 aromatic heterocycles. The van der Waals surface area contributed by atoms with E-state index in [1.807, 2.05) is 30.3 Å². The zero-order valence-corrected chi connectivity index (χ0v) is 15.8. The van der Waals surface area contributed by atoms with Crippen LogP contribution in [-0.2, 0) is 13.1 Å². The zero-order chi connectivity index (χ0) is 15.6. The molecular formula is C17H23IN4O. The number of ether oxygens (including phenoxy) is 1. The van der Waals surface area contributed by atoms with Gasteiger partial charge < -0.3 is 15.4 Å². The van der Waals surface area contributed by atoms with Crippen LogP contribution in [-0.4, -0.2) is 24.6 Å². The molecule has 6 heteroatoms. The third-order valence-corrected chi connectivity index (χ3v) is 3.07. The maximum absolute atomic E-state index is 5.05. The van der Waals surface area contributed by atoms with Crippen molar-refractivity contribution in [3.8, 4) is 5.88 Å². The molecule has 23 heavy (non-hydrogen) atoms. The smallest absolute Gasteiger partial charge is 0.212 e. The monoisotopic (exact) mass is 426 g/mol. The molecule has 0 amide bonds. The summed E-state index contributed by atoms with van der Waals surface area (Å²) in [5, 5.41) is 6.56. The molecule has 0 fully saturated rings. The van der Waals surface area contributed by atoms with E-state index in [-0.39, 0.29) is 24.0 Å². The van der Waals surface area contributed by atoms with Gasteiger partial charge in [-0.3, -0.25) is 0 Å². The Morgan fingerprint density at radius 1 is 1.09 bits per heavy atom. The van der Waals surface area contributed by atoms with E-state index in [4.69, 9.17) is 4.74 Å². The molecule has 0 saturated heterocycles. The largest absolute Gasteiger partial charge is 0.481 e. The van der Waals surface area contributed by atoms with Crippen LogP contribution in [0.15, 0.2) is 53.7 Å². The first-order chi connectivity index (χ1) is 10.8. The SMILES string of the molecule is CCNC(=NCc1ccc(OC)nc1)NCc1ccccc1.I. The number of rotatable bonds is 6. The van der Waals surface area contributed by atoms with Gasteiger partial charge in [-0.25, -0.2) is 9.98 Å². The van der Waals surface area contributed by atoms with Crippen molar-refractivity contribution in [2.45, 2.75) is 20.0 Å². The molecule has 2 rings (SSSR count). The second-order valence-corrected chi connectivity index (χ2v) is 4.74. The number of nitrogens with one attached hydrogen (secondary N) is 2. The summed E-state index contributed by atoms with van der Waals surface area (Å²) in [6.07, 6.45) is 1.78. The number of methoxy groups -OCH3 is 1. The van der Waals surface area contributed by atoms with Crippen molar-refractivity contribution >= 4 is 29.9 Å². The molecule has 0 aliphatic rings. The van der Waals surface area contributed by atoms with Gasteiger partial charge in [-0.15, -0.1) is 24.0 Å². The molecule has 2 N–H and O–H groups in total. The molecule has 1 aromatic carbocycles. The van der Waals surface area contributed by atoms with Crippen molar-refractivity contribution in [1.29, 1.82) is 0 Å². The second kappa shape index (κ2) is 10.8. The first-order valence-corrected chi connectivity index (χ1v) is 7.37.